The van der Waals surface area contributed by atoms with E-state index in [-0.39, 0.29) is 11.3 Å². The third-order valence-corrected chi connectivity index (χ3v) is 4.64. The molecule has 1 aromatic heterocycles. The van der Waals surface area contributed by atoms with Gasteiger partial charge in [0.25, 0.3) is 11.7 Å². The second-order valence-corrected chi connectivity index (χ2v) is 6.81. The molecule has 148 valence electrons. The van der Waals surface area contributed by atoms with Crippen LogP contribution in [0, 0.1) is 6.92 Å². The van der Waals surface area contributed by atoms with Crippen molar-refractivity contribution in [3.05, 3.63) is 59.1 Å². The molecule has 1 aliphatic rings. The van der Waals surface area contributed by atoms with Gasteiger partial charge < -0.3 is 19.2 Å². The molecular formula is C22H25NO5. The molecule has 0 spiro atoms. The van der Waals surface area contributed by atoms with Gasteiger partial charge >= 0.3 is 0 Å². The average molecular weight is 383 g/mol. The maximum Gasteiger partial charge on any atom is 0.295 e. The number of Topliss-reactive ketones (excluding diaryl/α,β-unsaturated/α-hetero) is 1. The summed E-state index contributed by atoms with van der Waals surface area (Å²) in [5.74, 6) is 0.298. The van der Waals surface area contributed by atoms with Crippen LogP contribution in [0.15, 0.2) is 46.4 Å². The molecule has 1 saturated heterocycles. The molecule has 0 bridgehead atoms. The normalized spacial score (nSPS) is 18.7. The number of hydrogen-bond donors (Lipinski definition) is 1. The van der Waals surface area contributed by atoms with Gasteiger partial charge in [-0.25, -0.2) is 0 Å². The SMILES string of the molecule is CCCOc1ccc(/C(O)=C2/C(=O)C(=O)N(CCC)C2c2ccc(C)o2)cc1. The predicted molar refractivity (Wildman–Crippen MR) is 105 cm³/mol. The molecule has 1 aromatic carbocycles. The minimum absolute atomic E-state index is 0.0510. The van der Waals surface area contributed by atoms with Gasteiger partial charge in [0.1, 0.15) is 29.1 Å². The fraction of sp³-hybridized carbons (Fsp3) is 0.364. The lowest BCUT2D eigenvalue weighted by Crippen LogP contribution is -2.30. The van der Waals surface area contributed by atoms with Gasteiger partial charge in [0.05, 0.1) is 12.2 Å². The monoisotopic (exact) mass is 383 g/mol. The molecule has 28 heavy (non-hydrogen) atoms. The zero-order valence-corrected chi connectivity index (χ0v) is 16.4. The number of ketones is 1. The quantitative estimate of drug-likeness (QED) is 0.440. The Hall–Kier alpha value is -3.02. The van der Waals surface area contributed by atoms with E-state index in [0.717, 1.165) is 6.42 Å². The number of amides is 1. The number of benzene rings is 1. The molecule has 1 unspecified atom stereocenters. The van der Waals surface area contributed by atoms with Crippen LogP contribution in [-0.2, 0) is 9.59 Å². The molecule has 1 aliphatic heterocycles. The Bertz CT molecular complexity index is 894. The standard InChI is InChI=1S/C22H25NO5/c1-4-12-23-19(17-11-6-14(3)28-17)18(21(25)22(23)26)20(24)15-7-9-16(10-8-15)27-13-5-2/h6-11,19,24H,4-5,12-13H2,1-3H3/b20-18-. The van der Waals surface area contributed by atoms with Crippen LogP contribution in [0.5, 0.6) is 5.75 Å². The van der Waals surface area contributed by atoms with Gasteiger partial charge in [-0.1, -0.05) is 13.8 Å². The first-order chi connectivity index (χ1) is 13.5. The van der Waals surface area contributed by atoms with Gasteiger partial charge in [0.2, 0.25) is 0 Å². The number of rotatable bonds is 7. The average Bonchev–Trinajstić information content (AvgIpc) is 3.23. The highest BCUT2D eigenvalue weighted by Crippen LogP contribution is 2.40. The molecule has 3 rings (SSSR count). The number of ether oxygens (including phenoxy) is 1. The van der Waals surface area contributed by atoms with Crippen LogP contribution in [-0.4, -0.2) is 34.8 Å². The number of likely N-dealkylation sites (tertiary alicyclic amines) is 1. The molecule has 0 saturated carbocycles. The first kappa shape index (κ1) is 19.7. The molecule has 0 aliphatic carbocycles. The van der Waals surface area contributed by atoms with Crippen molar-refractivity contribution < 1.29 is 23.8 Å². The molecule has 6 heteroatoms. The maximum absolute atomic E-state index is 12.7. The third-order valence-electron chi connectivity index (χ3n) is 4.64. The first-order valence-electron chi connectivity index (χ1n) is 9.55. The molecule has 1 fully saturated rings. The third kappa shape index (κ3) is 3.67. The maximum atomic E-state index is 12.7. The van der Waals surface area contributed by atoms with E-state index < -0.39 is 17.7 Å². The largest absolute Gasteiger partial charge is 0.507 e. The van der Waals surface area contributed by atoms with Gasteiger partial charge in [0.15, 0.2) is 0 Å². The lowest BCUT2D eigenvalue weighted by atomic mass is 9.99. The Morgan fingerprint density at radius 3 is 2.39 bits per heavy atom. The number of carbonyl (C=O) groups excluding carboxylic acids is 2. The Morgan fingerprint density at radius 1 is 1.11 bits per heavy atom. The van der Waals surface area contributed by atoms with E-state index in [0.29, 0.717) is 42.4 Å². The smallest absolute Gasteiger partial charge is 0.295 e. The molecule has 2 heterocycles. The Morgan fingerprint density at radius 2 is 1.82 bits per heavy atom. The van der Waals surface area contributed by atoms with Gasteiger partial charge in [-0.15, -0.1) is 0 Å². The van der Waals surface area contributed by atoms with E-state index in [1.807, 2.05) is 13.8 Å². The minimum Gasteiger partial charge on any atom is -0.507 e. The summed E-state index contributed by atoms with van der Waals surface area (Å²) in [7, 11) is 0. The minimum atomic E-state index is -0.732. The summed E-state index contributed by atoms with van der Waals surface area (Å²) < 4.78 is 11.3. The number of aliphatic hydroxyl groups excluding tert-OH is 1. The molecule has 0 radical (unpaired) electrons. The van der Waals surface area contributed by atoms with Gasteiger partial charge in [-0.05, 0) is 56.2 Å². The van der Waals surface area contributed by atoms with Crippen LogP contribution >= 0.6 is 0 Å². The van der Waals surface area contributed by atoms with Crippen LogP contribution in [0.25, 0.3) is 5.76 Å². The van der Waals surface area contributed by atoms with Crippen LogP contribution in [0.4, 0.5) is 0 Å². The number of nitrogens with zero attached hydrogens (tertiary/aromatic N) is 1. The molecule has 1 atom stereocenters. The Balaban J connectivity index is 2.04. The van der Waals surface area contributed by atoms with Crippen molar-refractivity contribution in [3.8, 4) is 5.75 Å². The van der Waals surface area contributed by atoms with E-state index in [2.05, 4.69) is 0 Å². The van der Waals surface area contributed by atoms with Crippen LogP contribution < -0.4 is 4.74 Å². The molecule has 6 nitrogen and oxygen atoms in total. The summed E-state index contributed by atoms with van der Waals surface area (Å²) in [6, 6.07) is 9.61. The number of aliphatic hydroxyl groups is 1. The summed E-state index contributed by atoms with van der Waals surface area (Å²) in [6.45, 7) is 6.75. The molecule has 2 aromatic rings. The van der Waals surface area contributed by atoms with E-state index >= 15 is 0 Å². The van der Waals surface area contributed by atoms with Gasteiger partial charge in [-0.3, -0.25) is 9.59 Å². The number of aryl methyl sites for hydroxylation is 1. The van der Waals surface area contributed by atoms with Crippen molar-refractivity contribution in [2.45, 2.75) is 39.7 Å². The van der Waals surface area contributed by atoms with Crippen molar-refractivity contribution in [2.75, 3.05) is 13.2 Å². The molecular weight excluding hydrogens is 358 g/mol. The van der Waals surface area contributed by atoms with E-state index in [4.69, 9.17) is 9.15 Å². The predicted octanol–water partition coefficient (Wildman–Crippen LogP) is 4.21. The Kier molecular flexibility index (Phi) is 5.87. The highest BCUT2D eigenvalue weighted by molar-refractivity contribution is 6.46. The summed E-state index contributed by atoms with van der Waals surface area (Å²) in [5.41, 5.74) is 0.502. The van der Waals surface area contributed by atoms with Crippen molar-refractivity contribution in [1.29, 1.82) is 0 Å². The molecule has 1 amide bonds. The highest BCUT2D eigenvalue weighted by atomic mass is 16.5. The van der Waals surface area contributed by atoms with Crippen molar-refractivity contribution in [1.82, 2.24) is 4.90 Å². The zero-order valence-electron chi connectivity index (χ0n) is 16.4. The highest BCUT2D eigenvalue weighted by Gasteiger charge is 2.47. The van der Waals surface area contributed by atoms with Gasteiger partial charge in [-0.2, -0.15) is 0 Å². The summed E-state index contributed by atoms with van der Waals surface area (Å²) >= 11 is 0. The van der Waals surface area contributed by atoms with E-state index in [1.165, 1.54) is 4.90 Å². The van der Waals surface area contributed by atoms with E-state index in [1.54, 1.807) is 43.3 Å². The first-order valence-corrected chi connectivity index (χ1v) is 9.55. The second-order valence-electron chi connectivity index (χ2n) is 6.81. The summed E-state index contributed by atoms with van der Waals surface area (Å²) in [5, 5.41) is 10.9. The second kappa shape index (κ2) is 8.33. The van der Waals surface area contributed by atoms with Crippen LogP contribution in [0.1, 0.15) is 49.8 Å². The summed E-state index contributed by atoms with van der Waals surface area (Å²) in [4.78, 5) is 26.8. The summed E-state index contributed by atoms with van der Waals surface area (Å²) in [6.07, 6.45) is 1.58. The fourth-order valence-electron chi connectivity index (χ4n) is 3.33. The number of carbonyl (C=O) groups is 2. The number of hydrogen-bond acceptors (Lipinski definition) is 5. The molecule has 1 N–H and O–H groups in total. The lowest BCUT2D eigenvalue weighted by molar-refractivity contribution is -0.140. The van der Waals surface area contributed by atoms with Crippen LogP contribution in [0.3, 0.4) is 0 Å². The Labute approximate surface area is 164 Å². The number of furan rings is 1. The van der Waals surface area contributed by atoms with Crippen molar-refractivity contribution in [3.63, 3.8) is 0 Å². The van der Waals surface area contributed by atoms with Crippen molar-refractivity contribution >= 4 is 17.4 Å². The van der Waals surface area contributed by atoms with E-state index in [9.17, 15) is 14.7 Å². The zero-order chi connectivity index (χ0) is 20.3. The fourth-order valence-corrected chi connectivity index (χ4v) is 3.33. The van der Waals surface area contributed by atoms with Crippen LogP contribution in [0.2, 0.25) is 0 Å². The lowest BCUT2D eigenvalue weighted by Gasteiger charge is -2.22. The van der Waals surface area contributed by atoms with Gasteiger partial charge in [0, 0.05) is 12.1 Å². The van der Waals surface area contributed by atoms with Crippen molar-refractivity contribution in [2.24, 2.45) is 0 Å². The topological polar surface area (TPSA) is 80.0 Å².